The van der Waals surface area contributed by atoms with Crippen molar-refractivity contribution < 1.29 is 9.53 Å². The first-order chi connectivity index (χ1) is 10.1. The van der Waals surface area contributed by atoms with Crippen LogP contribution in [0, 0.1) is 0 Å². The van der Waals surface area contributed by atoms with Crippen LogP contribution in [-0.2, 0) is 6.42 Å². The van der Waals surface area contributed by atoms with Crippen LogP contribution >= 0.6 is 23.2 Å². The van der Waals surface area contributed by atoms with Gasteiger partial charge in [0.25, 0.3) is 5.91 Å². The van der Waals surface area contributed by atoms with Crippen LogP contribution in [0.4, 0.5) is 0 Å². The molecule has 1 aromatic heterocycles. The molecule has 110 valence electrons. The number of nitrogens with one attached hydrogen (secondary N) is 1. The van der Waals surface area contributed by atoms with Crippen molar-refractivity contribution in [3.05, 3.63) is 52.0 Å². The lowest BCUT2D eigenvalue weighted by Gasteiger charge is -2.11. The summed E-state index contributed by atoms with van der Waals surface area (Å²) >= 11 is 12.0. The van der Waals surface area contributed by atoms with Crippen molar-refractivity contribution in [1.29, 1.82) is 0 Å². The highest BCUT2D eigenvalue weighted by Crippen LogP contribution is 2.32. The number of carbonyl (C=O) groups is 1. The lowest BCUT2D eigenvalue weighted by atomic mass is 10.1. The summed E-state index contributed by atoms with van der Waals surface area (Å²) in [4.78, 5) is 19.6. The number of ether oxygens (including phenoxy) is 1. The fourth-order valence-corrected chi connectivity index (χ4v) is 2.46. The van der Waals surface area contributed by atoms with E-state index in [9.17, 15) is 4.79 Å². The van der Waals surface area contributed by atoms with Gasteiger partial charge in [-0.3, -0.25) is 9.78 Å². The quantitative estimate of drug-likeness (QED) is 0.918. The zero-order chi connectivity index (χ0) is 15.2. The monoisotopic (exact) mass is 325 g/mol. The molecule has 0 aliphatic rings. The minimum atomic E-state index is -0.282. The Balaban J connectivity index is 1.99. The van der Waals surface area contributed by atoms with Gasteiger partial charge in [-0.25, -0.2) is 4.98 Å². The molecule has 21 heavy (non-hydrogen) atoms. The summed E-state index contributed by atoms with van der Waals surface area (Å²) in [5.41, 5.74) is 1.10. The van der Waals surface area contributed by atoms with E-state index in [0.29, 0.717) is 28.8 Å². The smallest absolute Gasteiger partial charge is 0.271 e. The summed E-state index contributed by atoms with van der Waals surface area (Å²) in [5.74, 6) is 0.282. The molecule has 2 aromatic rings. The average Bonchev–Trinajstić information content (AvgIpc) is 2.47. The molecule has 0 atom stereocenters. The van der Waals surface area contributed by atoms with Gasteiger partial charge in [-0.1, -0.05) is 23.2 Å². The molecule has 0 saturated heterocycles. The number of methoxy groups -OCH3 is 1. The van der Waals surface area contributed by atoms with E-state index >= 15 is 0 Å². The van der Waals surface area contributed by atoms with Gasteiger partial charge in [-0.05, 0) is 24.1 Å². The molecule has 0 bridgehead atoms. The van der Waals surface area contributed by atoms with E-state index in [1.54, 1.807) is 12.1 Å². The van der Waals surface area contributed by atoms with Crippen molar-refractivity contribution in [2.75, 3.05) is 13.7 Å². The van der Waals surface area contributed by atoms with Gasteiger partial charge >= 0.3 is 0 Å². The van der Waals surface area contributed by atoms with E-state index in [-0.39, 0.29) is 11.6 Å². The maximum atomic E-state index is 11.8. The maximum Gasteiger partial charge on any atom is 0.271 e. The lowest BCUT2D eigenvalue weighted by molar-refractivity contribution is 0.0948. The number of nitrogens with zero attached hydrogens (tertiary/aromatic N) is 2. The summed E-state index contributed by atoms with van der Waals surface area (Å²) in [6.45, 7) is 0.405. The molecular weight excluding hydrogens is 313 g/mol. The van der Waals surface area contributed by atoms with Crippen LogP contribution in [0.1, 0.15) is 16.1 Å². The highest BCUT2D eigenvalue weighted by molar-refractivity contribution is 6.35. The Bertz CT molecular complexity index is 636. The van der Waals surface area contributed by atoms with Crippen molar-refractivity contribution in [3.8, 4) is 5.75 Å². The number of halogens is 2. The number of rotatable bonds is 5. The van der Waals surface area contributed by atoms with Crippen molar-refractivity contribution in [3.63, 3.8) is 0 Å². The molecule has 5 nitrogen and oxygen atoms in total. The van der Waals surface area contributed by atoms with Crippen LogP contribution in [0.15, 0.2) is 30.7 Å². The molecule has 0 fully saturated rings. The number of aromatic nitrogens is 2. The highest BCUT2D eigenvalue weighted by atomic mass is 35.5. The molecule has 1 aromatic carbocycles. The van der Waals surface area contributed by atoms with Crippen LogP contribution in [0.25, 0.3) is 0 Å². The Kier molecular flexibility index (Phi) is 5.36. The van der Waals surface area contributed by atoms with Gasteiger partial charge in [-0.2, -0.15) is 0 Å². The second-order valence-corrected chi connectivity index (χ2v) is 5.02. The zero-order valence-electron chi connectivity index (χ0n) is 11.3. The molecule has 0 aliphatic heterocycles. The largest absolute Gasteiger partial charge is 0.495 e. The van der Waals surface area contributed by atoms with E-state index in [2.05, 4.69) is 15.3 Å². The van der Waals surface area contributed by atoms with Gasteiger partial charge in [0.2, 0.25) is 0 Å². The highest BCUT2D eigenvalue weighted by Gasteiger charge is 2.11. The van der Waals surface area contributed by atoms with Gasteiger partial charge < -0.3 is 10.1 Å². The lowest BCUT2D eigenvalue weighted by Crippen LogP contribution is -2.26. The topological polar surface area (TPSA) is 64.1 Å². The summed E-state index contributed by atoms with van der Waals surface area (Å²) in [7, 11) is 1.54. The maximum absolute atomic E-state index is 11.8. The molecule has 7 heteroatoms. The van der Waals surface area contributed by atoms with Gasteiger partial charge in [0.05, 0.1) is 18.3 Å². The molecule has 0 unspecified atom stereocenters. The van der Waals surface area contributed by atoms with Crippen molar-refractivity contribution in [2.45, 2.75) is 6.42 Å². The molecule has 0 saturated carbocycles. The van der Waals surface area contributed by atoms with Crippen molar-refractivity contribution in [1.82, 2.24) is 15.3 Å². The number of benzene rings is 1. The van der Waals surface area contributed by atoms with Gasteiger partial charge in [0.15, 0.2) is 0 Å². The standard InChI is InChI=1S/C14H13Cl2N3O2/c1-21-13-9(6-10(15)7-11(13)16)2-3-19-14(20)12-8-17-4-5-18-12/h4-8H,2-3H2,1H3,(H,19,20). The number of carbonyl (C=O) groups excluding carboxylic acids is 1. The minimum Gasteiger partial charge on any atom is -0.495 e. The Morgan fingerprint density at radius 1 is 1.33 bits per heavy atom. The molecule has 0 spiro atoms. The van der Waals surface area contributed by atoms with Crippen LogP contribution in [0.5, 0.6) is 5.75 Å². The van der Waals surface area contributed by atoms with Crippen LogP contribution in [-0.4, -0.2) is 29.5 Å². The predicted molar refractivity (Wildman–Crippen MR) is 81.1 cm³/mol. The normalized spacial score (nSPS) is 10.2. The fraction of sp³-hybridized carbons (Fsp3) is 0.214. The fourth-order valence-electron chi connectivity index (χ4n) is 1.85. The van der Waals surface area contributed by atoms with Crippen LogP contribution < -0.4 is 10.1 Å². The van der Waals surface area contributed by atoms with Crippen molar-refractivity contribution in [2.24, 2.45) is 0 Å². The summed E-state index contributed by atoms with van der Waals surface area (Å²) in [6.07, 6.45) is 4.92. The molecule has 1 heterocycles. The third kappa shape index (κ3) is 4.06. The molecule has 1 amide bonds. The first kappa shape index (κ1) is 15.5. The summed E-state index contributed by atoms with van der Waals surface area (Å²) in [5, 5.41) is 3.72. The van der Waals surface area contributed by atoms with Crippen LogP contribution in [0.2, 0.25) is 10.0 Å². The Labute approximate surface area is 132 Å². The number of amides is 1. The molecule has 0 radical (unpaired) electrons. The second kappa shape index (κ2) is 7.24. The summed E-state index contributed by atoms with van der Waals surface area (Å²) < 4.78 is 5.25. The minimum absolute atomic E-state index is 0.272. The first-order valence-electron chi connectivity index (χ1n) is 6.18. The van der Waals surface area contributed by atoms with Crippen LogP contribution in [0.3, 0.4) is 0 Å². The predicted octanol–water partition coefficient (Wildman–Crippen LogP) is 2.76. The SMILES string of the molecule is COc1c(Cl)cc(Cl)cc1CCNC(=O)c1cnccn1. The third-order valence-electron chi connectivity index (χ3n) is 2.77. The van der Waals surface area contributed by atoms with E-state index < -0.39 is 0 Å². The Morgan fingerprint density at radius 3 is 2.81 bits per heavy atom. The van der Waals surface area contributed by atoms with E-state index in [1.165, 1.54) is 25.7 Å². The number of hydrogen-bond acceptors (Lipinski definition) is 4. The zero-order valence-corrected chi connectivity index (χ0v) is 12.8. The first-order valence-corrected chi connectivity index (χ1v) is 6.93. The average molecular weight is 326 g/mol. The van der Waals surface area contributed by atoms with Gasteiger partial charge in [0, 0.05) is 24.0 Å². The van der Waals surface area contributed by atoms with Gasteiger partial charge in [0.1, 0.15) is 11.4 Å². The van der Waals surface area contributed by atoms with Gasteiger partial charge in [-0.15, -0.1) is 0 Å². The molecule has 2 rings (SSSR count). The van der Waals surface area contributed by atoms with E-state index in [4.69, 9.17) is 27.9 Å². The Hall–Kier alpha value is -1.85. The number of hydrogen-bond donors (Lipinski definition) is 1. The Morgan fingerprint density at radius 2 is 2.14 bits per heavy atom. The second-order valence-electron chi connectivity index (χ2n) is 4.18. The van der Waals surface area contributed by atoms with E-state index in [0.717, 1.165) is 5.56 Å². The molecule has 0 aliphatic carbocycles. The summed E-state index contributed by atoms with van der Waals surface area (Å²) in [6, 6.07) is 3.38. The molecular formula is C14H13Cl2N3O2. The van der Waals surface area contributed by atoms with Crippen molar-refractivity contribution >= 4 is 29.1 Å². The third-order valence-corrected chi connectivity index (χ3v) is 3.26. The molecule has 1 N–H and O–H groups in total. The van der Waals surface area contributed by atoms with E-state index in [1.807, 2.05) is 0 Å².